The molecule has 0 atom stereocenters. The van der Waals surface area contributed by atoms with Crippen LogP contribution in [0.3, 0.4) is 0 Å². The Morgan fingerprint density at radius 1 is 1.25 bits per heavy atom. The van der Waals surface area contributed by atoms with Gasteiger partial charge in [0.25, 0.3) is 0 Å². The standard InChI is InChI=1S/C13H21NO2/c1-3-16-10-6-9-14-13-8-5-4-7-12(13)11-15-2/h4-5,7-8,14H,3,6,9-11H2,1-2H3. The third-order valence-corrected chi connectivity index (χ3v) is 2.30. The highest BCUT2D eigenvalue weighted by Gasteiger charge is 1.99. The minimum absolute atomic E-state index is 0.647. The monoisotopic (exact) mass is 223 g/mol. The molecule has 90 valence electrons. The summed E-state index contributed by atoms with van der Waals surface area (Å²) in [6, 6.07) is 8.22. The molecule has 0 spiro atoms. The molecule has 0 aliphatic carbocycles. The first kappa shape index (κ1) is 13.0. The summed E-state index contributed by atoms with van der Waals surface area (Å²) >= 11 is 0. The normalized spacial score (nSPS) is 10.4. The largest absolute Gasteiger partial charge is 0.385 e. The summed E-state index contributed by atoms with van der Waals surface area (Å²) in [7, 11) is 1.71. The molecule has 1 N–H and O–H groups in total. The zero-order valence-electron chi connectivity index (χ0n) is 10.2. The quantitative estimate of drug-likeness (QED) is 0.687. The maximum absolute atomic E-state index is 5.28. The van der Waals surface area contributed by atoms with Crippen LogP contribution in [-0.2, 0) is 16.1 Å². The first-order valence-corrected chi connectivity index (χ1v) is 5.77. The Morgan fingerprint density at radius 3 is 2.81 bits per heavy atom. The minimum Gasteiger partial charge on any atom is -0.385 e. The van der Waals surface area contributed by atoms with Gasteiger partial charge < -0.3 is 14.8 Å². The maximum Gasteiger partial charge on any atom is 0.0733 e. The average molecular weight is 223 g/mol. The molecule has 0 saturated carbocycles. The van der Waals surface area contributed by atoms with E-state index in [4.69, 9.17) is 9.47 Å². The topological polar surface area (TPSA) is 30.5 Å². The molecule has 0 aliphatic heterocycles. The first-order chi connectivity index (χ1) is 7.88. The Labute approximate surface area is 97.8 Å². The molecule has 16 heavy (non-hydrogen) atoms. The molecule has 0 fully saturated rings. The predicted octanol–water partition coefficient (Wildman–Crippen LogP) is 2.67. The summed E-state index contributed by atoms with van der Waals surface area (Å²) < 4.78 is 10.4. The number of rotatable bonds is 8. The van der Waals surface area contributed by atoms with Crippen molar-refractivity contribution >= 4 is 5.69 Å². The lowest BCUT2D eigenvalue weighted by Gasteiger charge is -2.11. The van der Waals surface area contributed by atoms with Gasteiger partial charge >= 0.3 is 0 Å². The van der Waals surface area contributed by atoms with E-state index in [0.29, 0.717) is 6.61 Å². The van der Waals surface area contributed by atoms with Crippen LogP contribution in [0.5, 0.6) is 0 Å². The Balaban J connectivity index is 2.34. The van der Waals surface area contributed by atoms with Gasteiger partial charge in [-0.2, -0.15) is 0 Å². The fraction of sp³-hybridized carbons (Fsp3) is 0.538. The lowest BCUT2D eigenvalue weighted by molar-refractivity contribution is 0.147. The number of nitrogens with one attached hydrogen (secondary N) is 1. The number of benzene rings is 1. The fourth-order valence-electron chi connectivity index (χ4n) is 1.52. The second-order valence-corrected chi connectivity index (χ2v) is 3.57. The number of anilines is 1. The van der Waals surface area contributed by atoms with E-state index in [1.54, 1.807) is 7.11 Å². The molecule has 0 unspecified atom stereocenters. The highest BCUT2D eigenvalue weighted by atomic mass is 16.5. The molecule has 0 bridgehead atoms. The van der Waals surface area contributed by atoms with Crippen LogP contribution < -0.4 is 5.32 Å². The van der Waals surface area contributed by atoms with Crippen LogP contribution in [0.1, 0.15) is 18.9 Å². The van der Waals surface area contributed by atoms with Crippen LogP contribution in [-0.4, -0.2) is 26.9 Å². The van der Waals surface area contributed by atoms with Crippen LogP contribution in [0.25, 0.3) is 0 Å². The zero-order chi connectivity index (χ0) is 11.6. The van der Waals surface area contributed by atoms with E-state index in [1.807, 2.05) is 19.1 Å². The van der Waals surface area contributed by atoms with Crippen molar-refractivity contribution in [2.75, 3.05) is 32.2 Å². The van der Waals surface area contributed by atoms with Crippen LogP contribution in [0, 0.1) is 0 Å². The van der Waals surface area contributed by atoms with Crippen LogP contribution >= 0.6 is 0 Å². The van der Waals surface area contributed by atoms with Crippen molar-refractivity contribution in [3.8, 4) is 0 Å². The Bertz CT molecular complexity index is 289. The molecule has 0 radical (unpaired) electrons. The van der Waals surface area contributed by atoms with Crippen LogP contribution in [0.15, 0.2) is 24.3 Å². The number of methoxy groups -OCH3 is 1. The SMILES string of the molecule is CCOCCCNc1ccccc1COC. The first-order valence-electron chi connectivity index (χ1n) is 5.77. The predicted molar refractivity (Wildman–Crippen MR) is 66.8 cm³/mol. The van der Waals surface area contributed by atoms with E-state index in [1.165, 1.54) is 5.56 Å². The molecule has 1 rings (SSSR count). The van der Waals surface area contributed by atoms with Gasteiger partial charge in [0.15, 0.2) is 0 Å². The molecule has 0 aliphatic rings. The molecule has 3 heteroatoms. The average Bonchev–Trinajstić information content (AvgIpc) is 2.31. The molecule has 0 saturated heterocycles. The summed E-state index contributed by atoms with van der Waals surface area (Å²) in [5, 5.41) is 3.40. The van der Waals surface area contributed by atoms with Gasteiger partial charge in [0.1, 0.15) is 0 Å². The van der Waals surface area contributed by atoms with Gasteiger partial charge in [-0.15, -0.1) is 0 Å². The molecule has 0 heterocycles. The summed E-state index contributed by atoms with van der Waals surface area (Å²) in [5.41, 5.74) is 2.35. The van der Waals surface area contributed by atoms with E-state index in [0.717, 1.165) is 31.9 Å². The number of hydrogen-bond acceptors (Lipinski definition) is 3. The maximum atomic E-state index is 5.28. The summed E-state index contributed by atoms with van der Waals surface area (Å²) in [6.45, 7) is 5.20. The Morgan fingerprint density at radius 2 is 2.06 bits per heavy atom. The number of hydrogen-bond donors (Lipinski definition) is 1. The van der Waals surface area contributed by atoms with Crippen molar-refractivity contribution < 1.29 is 9.47 Å². The van der Waals surface area contributed by atoms with E-state index < -0.39 is 0 Å². The van der Waals surface area contributed by atoms with Gasteiger partial charge in [0.05, 0.1) is 6.61 Å². The van der Waals surface area contributed by atoms with Gasteiger partial charge in [0, 0.05) is 38.1 Å². The highest BCUT2D eigenvalue weighted by Crippen LogP contribution is 2.15. The fourth-order valence-corrected chi connectivity index (χ4v) is 1.52. The highest BCUT2D eigenvalue weighted by molar-refractivity contribution is 5.50. The third kappa shape index (κ3) is 4.64. The lowest BCUT2D eigenvalue weighted by Crippen LogP contribution is -2.07. The summed E-state index contributed by atoms with van der Waals surface area (Å²) in [6.07, 6.45) is 1.02. The van der Waals surface area contributed by atoms with Crippen molar-refractivity contribution in [1.82, 2.24) is 0 Å². The minimum atomic E-state index is 0.647. The van der Waals surface area contributed by atoms with Crippen molar-refractivity contribution in [2.45, 2.75) is 20.0 Å². The molecule has 0 aromatic heterocycles. The Hall–Kier alpha value is -1.06. The number of ether oxygens (including phenoxy) is 2. The smallest absolute Gasteiger partial charge is 0.0733 e. The van der Waals surface area contributed by atoms with Crippen molar-refractivity contribution in [3.05, 3.63) is 29.8 Å². The van der Waals surface area contributed by atoms with Gasteiger partial charge in [0.2, 0.25) is 0 Å². The molecule has 1 aromatic rings. The van der Waals surface area contributed by atoms with Crippen molar-refractivity contribution in [3.63, 3.8) is 0 Å². The van der Waals surface area contributed by atoms with Gasteiger partial charge in [-0.1, -0.05) is 18.2 Å². The van der Waals surface area contributed by atoms with E-state index >= 15 is 0 Å². The number of para-hydroxylation sites is 1. The second kappa shape index (κ2) is 8.13. The molecular weight excluding hydrogens is 202 g/mol. The lowest BCUT2D eigenvalue weighted by atomic mass is 10.2. The second-order valence-electron chi connectivity index (χ2n) is 3.57. The molecular formula is C13H21NO2. The molecule has 3 nitrogen and oxygen atoms in total. The summed E-state index contributed by atoms with van der Waals surface area (Å²) in [5.74, 6) is 0. The molecule has 1 aromatic carbocycles. The van der Waals surface area contributed by atoms with Gasteiger partial charge in [-0.25, -0.2) is 0 Å². The van der Waals surface area contributed by atoms with E-state index in [9.17, 15) is 0 Å². The third-order valence-electron chi connectivity index (χ3n) is 2.30. The van der Waals surface area contributed by atoms with Crippen LogP contribution in [0.2, 0.25) is 0 Å². The zero-order valence-corrected chi connectivity index (χ0v) is 10.2. The van der Waals surface area contributed by atoms with Gasteiger partial charge in [-0.05, 0) is 19.4 Å². The summed E-state index contributed by atoms with van der Waals surface area (Å²) in [4.78, 5) is 0. The van der Waals surface area contributed by atoms with Crippen molar-refractivity contribution in [2.24, 2.45) is 0 Å². The molecule has 0 amide bonds. The van der Waals surface area contributed by atoms with Gasteiger partial charge in [-0.3, -0.25) is 0 Å². The van der Waals surface area contributed by atoms with E-state index in [-0.39, 0.29) is 0 Å². The van der Waals surface area contributed by atoms with Crippen molar-refractivity contribution in [1.29, 1.82) is 0 Å². The van der Waals surface area contributed by atoms with E-state index in [2.05, 4.69) is 17.4 Å². The Kier molecular flexibility index (Phi) is 6.61. The van der Waals surface area contributed by atoms with Crippen LogP contribution in [0.4, 0.5) is 5.69 Å².